The third kappa shape index (κ3) is 3.53. The summed E-state index contributed by atoms with van der Waals surface area (Å²) in [7, 11) is 0. The van der Waals surface area contributed by atoms with Crippen molar-refractivity contribution in [1.29, 1.82) is 0 Å². The third-order valence-corrected chi connectivity index (χ3v) is 3.08. The molecule has 7 nitrogen and oxygen atoms in total. The Kier molecular flexibility index (Phi) is 4.29. The maximum atomic E-state index is 11.2. The number of nitrogens with zero attached hydrogens (tertiary/aromatic N) is 4. The van der Waals surface area contributed by atoms with Gasteiger partial charge in [-0.25, -0.2) is 14.8 Å². The van der Waals surface area contributed by atoms with E-state index in [4.69, 9.17) is 5.11 Å². The van der Waals surface area contributed by atoms with Crippen LogP contribution in [0.1, 0.15) is 12.5 Å². The molecule has 106 valence electrons. The van der Waals surface area contributed by atoms with Crippen LogP contribution in [0.3, 0.4) is 0 Å². The van der Waals surface area contributed by atoms with Crippen LogP contribution in [0.15, 0.2) is 18.5 Å². The van der Waals surface area contributed by atoms with Crippen LogP contribution in [0.25, 0.3) is 6.08 Å². The lowest BCUT2D eigenvalue weighted by atomic mass is 10.3. The molecule has 2 rings (SSSR count). The number of carbonyl (C=O) groups excluding carboxylic acids is 1. The fourth-order valence-corrected chi connectivity index (χ4v) is 1.97. The highest BCUT2D eigenvalue weighted by atomic mass is 16.4. The molecule has 0 aliphatic carbocycles. The summed E-state index contributed by atoms with van der Waals surface area (Å²) >= 11 is 0. The van der Waals surface area contributed by atoms with Gasteiger partial charge in [0.05, 0.1) is 0 Å². The maximum Gasteiger partial charge on any atom is 0.328 e. The van der Waals surface area contributed by atoms with Gasteiger partial charge in [-0.2, -0.15) is 0 Å². The first kappa shape index (κ1) is 14.0. The minimum absolute atomic E-state index is 0.0831. The first-order valence-corrected chi connectivity index (χ1v) is 6.30. The molecule has 0 atom stereocenters. The summed E-state index contributed by atoms with van der Waals surface area (Å²) < 4.78 is 0. The van der Waals surface area contributed by atoms with Gasteiger partial charge in [0.1, 0.15) is 0 Å². The predicted molar refractivity (Wildman–Crippen MR) is 73.2 cm³/mol. The van der Waals surface area contributed by atoms with Crippen LogP contribution in [0.4, 0.5) is 5.95 Å². The lowest BCUT2D eigenvalue weighted by molar-refractivity contribution is -0.131. The van der Waals surface area contributed by atoms with E-state index in [1.807, 2.05) is 4.90 Å². The molecule has 1 amide bonds. The van der Waals surface area contributed by atoms with E-state index < -0.39 is 5.97 Å². The van der Waals surface area contributed by atoms with E-state index in [9.17, 15) is 9.59 Å². The van der Waals surface area contributed by atoms with E-state index >= 15 is 0 Å². The Bertz CT molecular complexity index is 519. The highest BCUT2D eigenvalue weighted by Gasteiger charge is 2.19. The van der Waals surface area contributed by atoms with Crippen molar-refractivity contribution in [1.82, 2.24) is 14.9 Å². The number of anilines is 1. The van der Waals surface area contributed by atoms with Gasteiger partial charge in [0, 0.05) is 57.1 Å². The maximum absolute atomic E-state index is 11.2. The molecule has 0 unspecified atom stereocenters. The zero-order valence-electron chi connectivity index (χ0n) is 11.2. The Morgan fingerprint density at radius 1 is 1.20 bits per heavy atom. The Morgan fingerprint density at radius 3 is 2.30 bits per heavy atom. The first-order valence-electron chi connectivity index (χ1n) is 6.30. The van der Waals surface area contributed by atoms with E-state index in [1.165, 1.54) is 6.08 Å². The van der Waals surface area contributed by atoms with Crippen molar-refractivity contribution < 1.29 is 14.7 Å². The molecule has 0 saturated carbocycles. The molecular weight excluding hydrogens is 260 g/mol. The topological polar surface area (TPSA) is 86.6 Å². The fourth-order valence-electron chi connectivity index (χ4n) is 1.97. The average molecular weight is 276 g/mol. The number of carboxylic acid groups (broad SMARTS) is 1. The Hall–Kier alpha value is -2.44. The second kappa shape index (κ2) is 6.14. The van der Waals surface area contributed by atoms with Crippen molar-refractivity contribution in [2.75, 3.05) is 31.1 Å². The minimum atomic E-state index is -1.01. The van der Waals surface area contributed by atoms with Crippen molar-refractivity contribution in [3.8, 4) is 0 Å². The van der Waals surface area contributed by atoms with Gasteiger partial charge in [-0.05, 0) is 6.08 Å². The molecule has 0 radical (unpaired) electrons. The van der Waals surface area contributed by atoms with Gasteiger partial charge in [0.15, 0.2) is 0 Å². The summed E-state index contributed by atoms with van der Waals surface area (Å²) in [6.45, 7) is 4.29. The number of amides is 1. The van der Waals surface area contributed by atoms with Crippen molar-refractivity contribution in [3.05, 3.63) is 24.0 Å². The van der Waals surface area contributed by atoms with Crippen LogP contribution in [-0.4, -0.2) is 58.0 Å². The van der Waals surface area contributed by atoms with E-state index in [1.54, 1.807) is 24.2 Å². The van der Waals surface area contributed by atoms with Gasteiger partial charge >= 0.3 is 5.97 Å². The monoisotopic (exact) mass is 276 g/mol. The normalized spacial score (nSPS) is 15.7. The summed E-state index contributed by atoms with van der Waals surface area (Å²) in [6, 6.07) is 0. The SMILES string of the molecule is CC(=O)N1CCN(c2ncc(/C=C/C(=O)O)cn2)CC1. The summed E-state index contributed by atoms with van der Waals surface area (Å²) in [4.78, 5) is 33.9. The van der Waals surface area contributed by atoms with E-state index in [0.29, 0.717) is 37.7 Å². The largest absolute Gasteiger partial charge is 0.478 e. The molecule has 1 aromatic heterocycles. The Morgan fingerprint density at radius 2 is 1.80 bits per heavy atom. The Labute approximate surface area is 116 Å². The van der Waals surface area contributed by atoms with Crippen molar-refractivity contribution in [2.24, 2.45) is 0 Å². The van der Waals surface area contributed by atoms with Gasteiger partial charge in [-0.1, -0.05) is 0 Å². The molecule has 1 aromatic rings. The number of piperazine rings is 1. The molecule has 1 aliphatic heterocycles. The highest BCUT2D eigenvalue weighted by molar-refractivity contribution is 5.85. The number of rotatable bonds is 3. The molecule has 2 heterocycles. The van der Waals surface area contributed by atoms with Crippen molar-refractivity contribution >= 4 is 23.9 Å². The fraction of sp³-hybridized carbons (Fsp3) is 0.385. The van der Waals surface area contributed by atoms with Crippen LogP contribution >= 0.6 is 0 Å². The number of carbonyl (C=O) groups is 2. The van der Waals surface area contributed by atoms with Crippen LogP contribution in [0.5, 0.6) is 0 Å². The van der Waals surface area contributed by atoms with Crippen LogP contribution in [-0.2, 0) is 9.59 Å². The minimum Gasteiger partial charge on any atom is -0.478 e. The quantitative estimate of drug-likeness (QED) is 0.796. The number of aromatic nitrogens is 2. The third-order valence-electron chi connectivity index (χ3n) is 3.08. The van der Waals surface area contributed by atoms with Gasteiger partial charge in [0.25, 0.3) is 0 Å². The van der Waals surface area contributed by atoms with Crippen LogP contribution in [0, 0.1) is 0 Å². The summed E-state index contributed by atoms with van der Waals surface area (Å²) in [5, 5.41) is 8.53. The van der Waals surface area contributed by atoms with Gasteiger partial charge in [-0.3, -0.25) is 4.79 Å². The van der Waals surface area contributed by atoms with Crippen molar-refractivity contribution in [2.45, 2.75) is 6.92 Å². The number of aliphatic carboxylic acids is 1. The second-order valence-electron chi connectivity index (χ2n) is 4.48. The van der Waals surface area contributed by atoms with Crippen LogP contribution < -0.4 is 4.90 Å². The highest BCUT2D eigenvalue weighted by Crippen LogP contribution is 2.11. The Balaban J connectivity index is 1.97. The average Bonchev–Trinajstić information content (AvgIpc) is 2.46. The number of hydrogen-bond acceptors (Lipinski definition) is 5. The van der Waals surface area contributed by atoms with E-state index in [-0.39, 0.29) is 5.91 Å². The number of carboxylic acids is 1. The number of hydrogen-bond donors (Lipinski definition) is 1. The smallest absolute Gasteiger partial charge is 0.328 e. The molecule has 1 fully saturated rings. The van der Waals surface area contributed by atoms with Crippen LogP contribution in [0.2, 0.25) is 0 Å². The van der Waals surface area contributed by atoms with Gasteiger partial charge in [0.2, 0.25) is 11.9 Å². The molecule has 0 spiro atoms. The summed E-state index contributed by atoms with van der Waals surface area (Å²) in [5.41, 5.74) is 0.638. The van der Waals surface area contributed by atoms with Crippen molar-refractivity contribution in [3.63, 3.8) is 0 Å². The molecule has 7 heteroatoms. The zero-order valence-corrected chi connectivity index (χ0v) is 11.2. The van der Waals surface area contributed by atoms with E-state index in [2.05, 4.69) is 9.97 Å². The van der Waals surface area contributed by atoms with E-state index in [0.717, 1.165) is 6.08 Å². The lowest BCUT2D eigenvalue weighted by Crippen LogP contribution is -2.48. The standard InChI is InChI=1S/C13H16N4O3/c1-10(18)16-4-6-17(7-5-16)13-14-8-11(9-15-13)2-3-12(19)20/h2-3,8-9H,4-7H2,1H3,(H,19,20)/b3-2+. The zero-order chi connectivity index (χ0) is 14.5. The summed E-state index contributed by atoms with van der Waals surface area (Å²) in [5.74, 6) is -0.324. The predicted octanol–water partition coefficient (Wildman–Crippen LogP) is 0.243. The molecule has 1 saturated heterocycles. The van der Waals surface area contributed by atoms with Gasteiger partial charge in [-0.15, -0.1) is 0 Å². The lowest BCUT2D eigenvalue weighted by Gasteiger charge is -2.34. The summed E-state index contributed by atoms with van der Waals surface area (Å²) in [6.07, 6.45) is 5.65. The molecule has 1 N–H and O–H groups in total. The first-order chi connectivity index (χ1) is 9.56. The second-order valence-corrected chi connectivity index (χ2v) is 4.48. The molecule has 0 aromatic carbocycles. The molecule has 1 aliphatic rings. The van der Waals surface area contributed by atoms with Gasteiger partial charge < -0.3 is 14.9 Å². The molecule has 20 heavy (non-hydrogen) atoms. The molecule has 0 bridgehead atoms. The molecular formula is C13H16N4O3.